The number of benzene rings is 1. The van der Waals surface area contributed by atoms with Gasteiger partial charge in [-0.05, 0) is 5.92 Å². The third-order valence-corrected chi connectivity index (χ3v) is 4.98. The van der Waals surface area contributed by atoms with E-state index in [1.165, 1.54) is 0 Å². The van der Waals surface area contributed by atoms with Crippen molar-refractivity contribution in [2.24, 2.45) is 30.2 Å². The van der Waals surface area contributed by atoms with Crippen LogP contribution in [0.5, 0.6) is 5.88 Å². The van der Waals surface area contributed by atoms with Crippen molar-refractivity contribution < 1.29 is 41.0 Å². The molecular weight excluding hydrogens is 517 g/mol. The Balaban J connectivity index is 0.00000432. The van der Waals surface area contributed by atoms with E-state index in [4.69, 9.17) is 0 Å². The number of nitro groups is 2. The van der Waals surface area contributed by atoms with E-state index in [0.717, 1.165) is 14.1 Å². The number of nitrogens with zero attached hydrogens (tertiary/aromatic N) is 7. The molecule has 1 aliphatic heterocycles. The molecule has 0 aliphatic carbocycles. The maximum Gasteiger partial charge on any atom is 2.00 e. The van der Waals surface area contributed by atoms with Gasteiger partial charge in [0.05, 0.1) is 21.5 Å². The third-order valence-electron chi connectivity index (χ3n) is 4.98. The van der Waals surface area contributed by atoms with Crippen molar-refractivity contribution in [3.05, 3.63) is 58.3 Å². The van der Waals surface area contributed by atoms with Crippen LogP contribution in [0.15, 0.2) is 25.9 Å². The average Bonchev–Trinajstić information content (AvgIpc) is 3.00. The molecule has 35 heavy (non-hydrogen) atoms. The molecule has 2 amide bonds. The van der Waals surface area contributed by atoms with E-state index in [0.29, 0.717) is 20.1 Å². The Morgan fingerprint density at radius 2 is 1.43 bits per heavy atom. The van der Waals surface area contributed by atoms with Gasteiger partial charge in [-0.2, -0.15) is 0 Å². The summed E-state index contributed by atoms with van der Waals surface area (Å²) in [6.45, 7) is 3.23. The molecule has 0 atom stereocenters. The van der Waals surface area contributed by atoms with Crippen LogP contribution in [0.25, 0.3) is 0 Å². The van der Waals surface area contributed by atoms with Crippen molar-refractivity contribution in [1.29, 1.82) is 0 Å². The quantitative estimate of drug-likeness (QED) is 0.186. The second kappa shape index (κ2) is 9.54. The van der Waals surface area contributed by atoms with Gasteiger partial charge >= 0.3 is 27.9 Å². The Morgan fingerprint density at radius 3 is 1.94 bits per heavy atom. The molecule has 1 aromatic heterocycles. The molecule has 0 fully saturated rings. The monoisotopic (exact) mass is 533 g/mol. The minimum absolute atomic E-state index is 0. The summed E-state index contributed by atoms with van der Waals surface area (Å²) in [7, 11) is 2.20. The standard InChI is InChI=1S/C18H17N7O9.Ni/c1-7(2)6-23-14(26)10-8(24(31)32)5-9(25(33)34)12(11(10)15(23)27)19-20-13-16(28)21(3)18(30)22(4)17(13)29;/h5,7,28H,6H2,1-4H3;/q;+2. The fourth-order valence-corrected chi connectivity index (χ4v) is 3.35. The fraction of sp³-hybridized carbons (Fsp3) is 0.333. The number of aromatic hydroxyl groups is 1. The average molecular weight is 534 g/mol. The van der Waals surface area contributed by atoms with Crippen LogP contribution in [-0.4, -0.2) is 47.3 Å². The summed E-state index contributed by atoms with van der Waals surface area (Å²) in [6.07, 6.45) is 0. The summed E-state index contributed by atoms with van der Waals surface area (Å²) >= 11 is 0. The Kier molecular flexibility index (Phi) is 7.35. The Bertz CT molecular complexity index is 1440. The van der Waals surface area contributed by atoms with E-state index in [9.17, 15) is 44.5 Å². The van der Waals surface area contributed by atoms with E-state index >= 15 is 0 Å². The summed E-state index contributed by atoms with van der Waals surface area (Å²) in [6, 6.07) is 0.468. The van der Waals surface area contributed by atoms with Crippen LogP contribution < -0.4 is 11.2 Å². The molecule has 0 radical (unpaired) electrons. The molecule has 1 aromatic carbocycles. The zero-order valence-electron chi connectivity index (χ0n) is 18.5. The number of amides is 2. The van der Waals surface area contributed by atoms with Crippen molar-refractivity contribution in [2.75, 3.05) is 6.54 Å². The zero-order chi connectivity index (χ0) is 25.6. The molecule has 0 saturated heterocycles. The topological polar surface area (TPSA) is 213 Å². The van der Waals surface area contributed by atoms with Gasteiger partial charge in [0, 0.05) is 20.6 Å². The first-order valence-corrected chi connectivity index (χ1v) is 9.56. The van der Waals surface area contributed by atoms with Crippen LogP contribution in [-0.2, 0) is 30.6 Å². The number of carbonyl (C=O) groups is 2. The van der Waals surface area contributed by atoms with Crippen molar-refractivity contribution >= 4 is 34.6 Å². The normalized spacial score (nSPS) is 12.9. The van der Waals surface area contributed by atoms with Gasteiger partial charge in [-0.3, -0.25) is 48.6 Å². The first kappa shape index (κ1) is 27.0. The maximum atomic E-state index is 13.0. The van der Waals surface area contributed by atoms with Crippen LogP contribution in [0.2, 0.25) is 0 Å². The molecule has 0 bridgehead atoms. The van der Waals surface area contributed by atoms with E-state index in [1.807, 2.05) is 0 Å². The number of nitro benzene ring substituents is 2. The first-order valence-electron chi connectivity index (χ1n) is 9.56. The zero-order valence-corrected chi connectivity index (χ0v) is 19.5. The Morgan fingerprint density at radius 1 is 0.914 bits per heavy atom. The number of hydrogen-bond donors (Lipinski definition) is 1. The summed E-state index contributed by atoms with van der Waals surface area (Å²) in [5.74, 6) is -3.24. The van der Waals surface area contributed by atoms with Gasteiger partial charge < -0.3 is 5.11 Å². The van der Waals surface area contributed by atoms with E-state index < -0.39 is 72.7 Å². The van der Waals surface area contributed by atoms with E-state index in [1.54, 1.807) is 13.8 Å². The van der Waals surface area contributed by atoms with Gasteiger partial charge in [-0.15, -0.1) is 10.2 Å². The fourth-order valence-electron chi connectivity index (χ4n) is 3.35. The first-order chi connectivity index (χ1) is 15.8. The van der Waals surface area contributed by atoms with Gasteiger partial charge in [0.25, 0.3) is 23.1 Å². The van der Waals surface area contributed by atoms with Crippen LogP contribution in [0.1, 0.15) is 34.6 Å². The van der Waals surface area contributed by atoms with Gasteiger partial charge in [-0.1, -0.05) is 13.8 Å². The second-order valence-corrected chi connectivity index (χ2v) is 7.72. The predicted molar refractivity (Wildman–Crippen MR) is 113 cm³/mol. The summed E-state index contributed by atoms with van der Waals surface area (Å²) in [4.78, 5) is 71.9. The number of azo groups is 1. The minimum atomic E-state index is -1.10. The van der Waals surface area contributed by atoms with Crippen LogP contribution >= 0.6 is 0 Å². The van der Waals surface area contributed by atoms with E-state index in [-0.39, 0.29) is 29.0 Å². The summed E-state index contributed by atoms with van der Waals surface area (Å²) in [5, 5.41) is 40.4. The SMILES string of the molecule is CC(C)CN1C(=O)c2c([N+](=O)[O-])cc([N+](=O)[O-])c(N=Nc3c(O)n(C)c(=O)n(C)c3=O)c2C1=O.[Ni+2]. The molecule has 2 heterocycles. The molecular formula is C18H17N7NiO9+2. The Hall–Kier alpha value is -4.27. The van der Waals surface area contributed by atoms with Crippen molar-refractivity contribution in [2.45, 2.75) is 13.8 Å². The molecule has 3 rings (SSSR count). The van der Waals surface area contributed by atoms with Gasteiger partial charge in [0.1, 0.15) is 5.56 Å². The number of aromatic nitrogens is 2. The number of fused-ring (bicyclic) bond motifs is 1. The van der Waals surface area contributed by atoms with Crippen molar-refractivity contribution in [1.82, 2.24) is 14.0 Å². The number of rotatable bonds is 6. The molecule has 1 aliphatic rings. The molecule has 2 aromatic rings. The second-order valence-electron chi connectivity index (χ2n) is 7.72. The molecule has 17 heteroatoms. The maximum absolute atomic E-state index is 13.0. The molecule has 0 saturated carbocycles. The smallest absolute Gasteiger partial charge is 0.493 e. The van der Waals surface area contributed by atoms with Crippen molar-refractivity contribution in [3.63, 3.8) is 0 Å². The van der Waals surface area contributed by atoms with Crippen LogP contribution in [0.3, 0.4) is 0 Å². The van der Waals surface area contributed by atoms with Gasteiger partial charge in [-0.25, -0.2) is 4.79 Å². The Labute approximate surface area is 204 Å². The minimum Gasteiger partial charge on any atom is -0.493 e. The number of hydrogen-bond acceptors (Lipinski definition) is 11. The molecule has 0 unspecified atom stereocenters. The molecule has 0 spiro atoms. The number of imide groups is 1. The summed E-state index contributed by atoms with van der Waals surface area (Å²) < 4.78 is 1.24. The van der Waals surface area contributed by atoms with Crippen molar-refractivity contribution in [3.8, 4) is 5.88 Å². The molecule has 16 nitrogen and oxygen atoms in total. The van der Waals surface area contributed by atoms with Gasteiger partial charge in [0.2, 0.25) is 11.6 Å². The molecule has 1 N–H and O–H groups in total. The largest absolute Gasteiger partial charge is 2.00 e. The third kappa shape index (κ3) is 4.32. The number of carbonyl (C=O) groups excluding carboxylic acids is 2. The summed E-state index contributed by atoms with van der Waals surface area (Å²) in [5.41, 5.74) is -7.02. The van der Waals surface area contributed by atoms with E-state index in [2.05, 4.69) is 10.2 Å². The van der Waals surface area contributed by atoms with Crippen LogP contribution in [0, 0.1) is 26.1 Å². The van der Waals surface area contributed by atoms with Crippen LogP contribution in [0.4, 0.5) is 22.7 Å². The predicted octanol–water partition coefficient (Wildman–Crippen LogP) is 1.27. The molecule has 186 valence electrons. The van der Waals surface area contributed by atoms with Gasteiger partial charge in [0.15, 0.2) is 5.69 Å².